The van der Waals surface area contributed by atoms with Gasteiger partial charge in [-0.25, -0.2) is 0 Å². The Hall–Kier alpha value is -2.40. The number of ether oxygens (including phenoxy) is 2. The fourth-order valence-electron chi connectivity index (χ4n) is 2.35. The second-order valence-electron chi connectivity index (χ2n) is 5.31. The van der Waals surface area contributed by atoms with Gasteiger partial charge in [0.1, 0.15) is 0 Å². The first-order chi connectivity index (χ1) is 12.2. The van der Waals surface area contributed by atoms with Crippen LogP contribution >= 0.6 is 11.6 Å². The normalized spacial score (nSPS) is 11.1. The molecular formula is C19H24ClN3O2. The molecule has 0 fully saturated rings. The van der Waals surface area contributed by atoms with Gasteiger partial charge in [0, 0.05) is 20.1 Å². The lowest BCUT2D eigenvalue weighted by Gasteiger charge is -2.15. The number of benzene rings is 2. The predicted molar refractivity (Wildman–Crippen MR) is 103 cm³/mol. The molecule has 0 aliphatic carbocycles. The second-order valence-corrected chi connectivity index (χ2v) is 5.71. The van der Waals surface area contributed by atoms with Crippen LogP contribution in [0.4, 0.5) is 0 Å². The van der Waals surface area contributed by atoms with Gasteiger partial charge in [-0.05, 0) is 30.2 Å². The molecule has 0 aromatic heterocycles. The molecule has 0 saturated carbocycles. The average molecular weight is 362 g/mol. The number of nitrogens with zero attached hydrogens (tertiary/aromatic N) is 1. The molecule has 2 aromatic rings. The molecule has 25 heavy (non-hydrogen) atoms. The summed E-state index contributed by atoms with van der Waals surface area (Å²) in [6.45, 7) is 3.71. The molecule has 5 nitrogen and oxygen atoms in total. The van der Waals surface area contributed by atoms with E-state index in [0.717, 1.165) is 5.56 Å². The van der Waals surface area contributed by atoms with Gasteiger partial charge in [-0.1, -0.05) is 41.9 Å². The molecule has 134 valence electrons. The minimum absolute atomic E-state index is 0.531. The Bertz CT molecular complexity index is 705. The summed E-state index contributed by atoms with van der Waals surface area (Å²) in [5.41, 5.74) is 2.17. The van der Waals surface area contributed by atoms with E-state index < -0.39 is 0 Å². The summed E-state index contributed by atoms with van der Waals surface area (Å²) in [6.07, 6.45) is 0. The summed E-state index contributed by atoms with van der Waals surface area (Å²) < 4.78 is 10.9. The minimum atomic E-state index is 0.531. The van der Waals surface area contributed by atoms with Gasteiger partial charge in [-0.2, -0.15) is 0 Å². The van der Waals surface area contributed by atoms with E-state index in [0.29, 0.717) is 42.2 Å². The summed E-state index contributed by atoms with van der Waals surface area (Å²) >= 11 is 6.30. The van der Waals surface area contributed by atoms with Crippen LogP contribution in [0.2, 0.25) is 5.02 Å². The highest BCUT2D eigenvalue weighted by Crippen LogP contribution is 2.36. The molecule has 2 rings (SSSR count). The van der Waals surface area contributed by atoms with Gasteiger partial charge < -0.3 is 20.1 Å². The largest absolute Gasteiger partial charge is 0.493 e. The molecule has 0 radical (unpaired) electrons. The fourth-order valence-corrected chi connectivity index (χ4v) is 2.64. The van der Waals surface area contributed by atoms with Crippen LogP contribution in [-0.4, -0.2) is 26.7 Å². The monoisotopic (exact) mass is 361 g/mol. The van der Waals surface area contributed by atoms with Crippen molar-refractivity contribution in [3.05, 3.63) is 58.6 Å². The van der Waals surface area contributed by atoms with E-state index in [4.69, 9.17) is 21.1 Å². The molecule has 0 bridgehead atoms. The van der Waals surface area contributed by atoms with Crippen LogP contribution in [0.25, 0.3) is 0 Å². The Morgan fingerprint density at radius 2 is 1.76 bits per heavy atom. The van der Waals surface area contributed by atoms with Gasteiger partial charge in [0.05, 0.1) is 18.7 Å². The summed E-state index contributed by atoms with van der Waals surface area (Å²) in [5.74, 6) is 1.91. The second kappa shape index (κ2) is 9.79. The Kier molecular flexibility index (Phi) is 7.41. The van der Waals surface area contributed by atoms with E-state index in [2.05, 4.69) is 27.8 Å². The number of aliphatic imine (C=N–C) groups is 1. The Balaban J connectivity index is 1.98. The van der Waals surface area contributed by atoms with E-state index >= 15 is 0 Å². The van der Waals surface area contributed by atoms with E-state index in [9.17, 15) is 0 Å². The molecule has 2 N–H and O–H groups in total. The fraction of sp³-hybridized carbons (Fsp3) is 0.316. The molecule has 0 saturated heterocycles. The molecule has 0 amide bonds. The lowest BCUT2D eigenvalue weighted by atomic mass is 10.2. The van der Waals surface area contributed by atoms with Crippen LogP contribution in [0.5, 0.6) is 11.5 Å². The number of rotatable bonds is 7. The summed E-state index contributed by atoms with van der Waals surface area (Å²) in [7, 11) is 3.35. The summed E-state index contributed by atoms with van der Waals surface area (Å²) in [4.78, 5) is 4.24. The van der Waals surface area contributed by atoms with Crippen LogP contribution in [0.3, 0.4) is 0 Å². The third kappa shape index (κ3) is 5.57. The van der Waals surface area contributed by atoms with Crippen LogP contribution in [0, 0.1) is 0 Å². The molecular weight excluding hydrogens is 338 g/mol. The summed E-state index contributed by atoms with van der Waals surface area (Å²) in [6, 6.07) is 13.9. The lowest BCUT2D eigenvalue weighted by molar-refractivity contribution is 0.311. The highest BCUT2D eigenvalue weighted by atomic mass is 35.5. The van der Waals surface area contributed by atoms with Gasteiger partial charge in [-0.3, -0.25) is 4.99 Å². The van der Waals surface area contributed by atoms with E-state index in [1.807, 2.05) is 37.3 Å². The first-order valence-electron chi connectivity index (χ1n) is 8.15. The van der Waals surface area contributed by atoms with Gasteiger partial charge in [0.15, 0.2) is 17.5 Å². The molecule has 6 heteroatoms. The third-order valence-corrected chi connectivity index (χ3v) is 3.85. The van der Waals surface area contributed by atoms with Crippen molar-refractivity contribution in [2.45, 2.75) is 20.0 Å². The average Bonchev–Trinajstić information content (AvgIpc) is 2.64. The van der Waals surface area contributed by atoms with Crippen molar-refractivity contribution in [3.63, 3.8) is 0 Å². The predicted octanol–water partition coefficient (Wildman–Crippen LogP) is 3.61. The van der Waals surface area contributed by atoms with Crippen molar-refractivity contribution >= 4 is 17.6 Å². The Labute approximate surface area is 154 Å². The Morgan fingerprint density at radius 1 is 1.08 bits per heavy atom. The van der Waals surface area contributed by atoms with E-state index in [-0.39, 0.29) is 0 Å². The van der Waals surface area contributed by atoms with Crippen LogP contribution in [-0.2, 0) is 13.1 Å². The van der Waals surface area contributed by atoms with E-state index in [1.165, 1.54) is 5.56 Å². The number of hydrogen-bond donors (Lipinski definition) is 2. The number of halogens is 1. The maximum atomic E-state index is 6.30. The van der Waals surface area contributed by atoms with Crippen LogP contribution in [0.15, 0.2) is 47.5 Å². The molecule has 0 aliphatic rings. The molecule has 0 heterocycles. The topological polar surface area (TPSA) is 54.9 Å². The molecule has 0 aliphatic heterocycles. The van der Waals surface area contributed by atoms with Gasteiger partial charge in [0.2, 0.25) is 0 Å². The Morgan fingerprint density at radius 3 is 2.36 bits per heavy atom. The van der Waals surface area contributed by atoms with Crippen molar-refractivity contribution in [3.8, 4) is 11.5 Å². The van der Waals surface area contributed by atoms with E-state index in [1.54, 1.807) is 14.2 Å². The highest BCUT2D eigenvalue weighted by molar-refractivity contribution is 6.32. The maximum Gasteiger partial charge on any atom is 0.191 e. The van der Waals surface area contributed by atoms with Gasteiger partial charge >= 0.3 is 0 Å². The third-order valence-electron chi connectivity index (χ3n) is 3.56. The van der Waals surface area contributed by atoms with Crippen molar-refractivity contribution < 1.29 is 9.47 Å². The van der Waals surface area contributed by atoms with Crippen LogP contribution in [0.1, 0.15) is 18.1 Å². The summed E-state index contributed by atoms with van der Waals surface area (Å²) in [5, 5.41) is 7.08. The van der Waals surface area contributed by atoms with Crippen LogP contribution < -0.4 is 20.1 Å². The first-order valence-corrected chi connectivity index (χ1v) is 8.53. The maximum absolute atomic E-state index is 6.30. The zero-order valence-electron chi connectivity index (χ0n) is 14.8. The molecule has 0 spiro atoms. The first kappa shape index (κ1) is 18.9. The number of hydrogen-bond acceptors (Lipinski definition) is 3. The van der Waals surface area contributed by atoms with Gasteiger partial charge in [0.25, 0.3) is 0 Å². The number of methoxy groups -OCH3 is 1. The number of guanidine groups is 1. The zero-order valence-corrected chi connectivity index (χ0v) is 15.6. The van der Waals surface area contributed by atoms with Crippen molar-refractivity contribution in [1.82, 2.24) is 10.6 Å². The highest BCUT2D eigenvalue weighted by Gasteiger charge is 2.11. The zero-order chi connectivity index (χ0) is 18.1. The number of nitrogens with one attached hydrogen (secondary N) is 2. The standard InChI is InChI=1S/C19H24ClN3O2/c1-4-25-18-16(20)10-15(11-17(18)24-3)13-23-19(21-2)22-12-14-8-6-5-7-9-14/h5-11H,4,12-13H2,1-3H3,(H2,21,22,23). The van der Waals surface area contributed by atoms with Crippen molar-refractivity contribution in [1.29, 1.82) is 0 Å². The quantitative estimate of drug-likeness (QED) is 0.584. The molecule has 0 unspecified atom stereocenters. The molecule has 2 aromatic carbocycles. The minimum Gasteiger partial charge on any atom is -0.493 e. The lowest BCUT2D eigenvalue weighted by Crippen LogP contribution is -2.36. The van der Waals surface area contributed by atoms with Crippen molar-refractivity contribution in [2.24, 2.45) is 4.99 Å². The molecule has 0 atom stereocenters. The van der Waals surface area contributed by atoms with Gasteiger partial charge in [-0.15, -0.1) is 0 Å². The SMILES string of the molecule is CCOc1c(Cl)cc(CNC(=NC)NCc2ccccc2)cc1OC. The van der Waals surface area contributed by atoms with Crippen molar-refractivity contribution in [2.75, 3.05) is 20.8 Å². The smallest absolute Gasteiger partial charge is 0.191 e.